The van der Waals surface area contributed by atoms with Gasteiger partial charge in [-0.1, -0.05) is 0 Å². The number of rotatable bonds is 4. The van der Waals surface area contributed by atoms with Crippen molar-refractivity contribution in [2.24, 2.45) is 0 Å². The minimum Gasteiger partial charge on any atom is -0.598 e. The van der Waals surface area contributed by atoms with Gasteiger partial charge in [0.2, 0.25) is 0 Å². The molecule has 2 N–H and O–H groups in total. The Bertz CT molecular complexity index is 643. The van der Waals surface area contributed by atoms with E-state index in [2.05, 4.69) is 4.72 Å². The van der Waals surface area contributed by atoms with Gasteiger partial charge in [0.25, 0.3) is 5.69 Å². The summed E-state index contributed by atoms with van der Waals surface area (Å²) in [6, 6.07) is 1.78. The van der Waals surface area contributed by atoms with Crippen LogP contribution in [0.4, 0.5) is 5.69 Å². The van der Waals surface area contributed by atoms with Crippen LogP contribution in [-0.2, 0) is 11.4 Å². The number of benzene rings is 1. The van der Waals surface area contributed by atoms with Crippen molar-refractivity contribution >= 4 is 23.0 Å². The van der Waals surface area contributed by atoms with Crippen molar-refractivity contribution < 1.29 is 24.1 Å². The number of nitrogens with zero attached hydrogens (tertiary/aromatic N) is 1. The molecule has 1 heterocycles. The zero-order valence-electron chi connectivity index (χ0n) is 13.0. The zero-order chi connectivity index (χ0) is 17.4. The lowest BCUT2D eigenvalue weighted by molar-refractivity contribution is -0.385. The molecule has 1 aliphatic heterocycles. The number of hydrogen-bond donors (Lipinski definition) is 2. The van der Waals surface area contributed by atoms with Gasteiger partial charge in [0.15, 0.2) is 0 Å². The summed E-state index contributed by atoms with van der Waals surface area (Å²) in [4.78, 5) is 21.7. The molecule has 2 rings (SSSR count). The summed E-state index contributed by atoms with van der Waals surface area (Å²) >= 11 is -1.40. The summed E-state index contributed by atoms with van der Waals surface area (Å²) in [5, 5.41) is 20.3. The predicted octanol–water partition coefficient (Wildman–Crippen LogP) is 2.17. The SMILES string of the molecule is CC(C)(C)[S+]([O-])N[C@H]1CCOc2c(C(=O)O)cc([N+](=O)[O-])cc21. The molecule has 2 atom stereocenters. The predicted molar refractivity (Wildman–Crippen MR) is 83.9 cm³/mol. The largest absolute Gasteiger partial charge is 0.598 e. The summed E-state index contributed by atoms with van der Waals surface area (Å²) in [5.74, 6) is -1.21. The molecule has 0 saturated heterocycles. The summed E-state index contributed by atoms with van der Waals surface area (Å²) in [6.45, 7) is 5.63. The van der Waals surface area contributed by atoms with Crippen molar-refractivity contribution in [1.29, 1.82) is 0 Å². The quantitative estimate of drug-likeness (QED) is 0.488. The van der Waals surface area contributed by atoms with Crippen LogP contribution in [0.3, 0.4) is 0 Å². The van der Waals surface area contributed by atoms with E-state index in [1.54, 1.807) is 20.8 Å². The molecule has 0 aromatic heterocycles. The fourth-order valence-electron chi connectivity index (χ4n) is 2.18. The molecule has 126 valence electrons. The third-order valence-corrected chi connectivity index (χ3v) is 4.99. The smallest absolute Gasteiger partial charge is 0.339 e. The minimum absolute atomic E-state index is 0.0951. The van der Waals surface area contributed by atoms with E-state index in [0.29, 0.717) is 12.0 Å². The monoisotopic (exact) mass is 342 g/mol. The Balaban J connectivity index is 2.47. The second-order valence-corrected chi connectivity index (χ2v) is 8.16. The van der Waals surface area contributed by atoms with E-state index in [1.165, 1.54) is 6.07 Å². The van der Waals surface area contributed by atoms with Crippen molar-refractivity contribution in [3.05, 3.63) is 33.4 Å². The molecule has 0 spiro atoms. The molecule has 1 aliphatic rings. The number of aromatic carboxylic acids is 1. The first kappa shape index (κ1) is 17.5. The fraction of sp³-hybridized carbons (Fsp3) is 0.500. The van der Waals surface area contributed by atoms with E-state index in [0.717, 1.165) is 6.07 Å². The average molecular weight is 342 g/mol. The van der Waals surface area contributed by atoms with Crippen LogP contribution in [0.25, 0.3) is 0 Å². The van der Waals surface area contributed by atoms with E-state index in [9.17, 15) is 24.6 Å². The first-order chi connectivity index (χ1) is 10.6. The molecule has 0 radical (unpaired) electrons. The number of nitro benzene ring substituents is 1. The molecule has 1 aromatic rings. The van der Waals surface area contributed by atoms with E-state index < -0.39 is 33.0 Å². The second-order valence-electron chi connectivity index (χ2n) is 6.16. The second kappa shape index (κ2) is 6.34. The number of ether oxygens (including phenoxy) is 1. The van der Waals surface area contributed by atoms with Crippen LogP contribution in [0.5, 0.6) is 5.75 Å². The lowest BCUT2D eigenvalue weighted by atomic mass is 9.97. The Labute approximate surface area is 136 Å². The number of nitrogens with one attached hydrogen (secondary N) is 1. The van der Waals surface area contributed by atoms with Crippen LogP contribution in [0, 0.1) is 10.1 Å². The summed E-state index contributed by atoms with van der Waals surface area (Å²) in [6.07, 6.45) is 0.440. The molecule has 1 aromatic carbocycles. The topological polar surface area (TPSA) is 125 Å². The van der Waals surface area contributed by atoms with Gasteiger partial charge in [0, 0.05) is 35.5 Å². The highest BCUT2D eigenvalue weighted by molar-refractivity contribution is 7.90. The Morgan fingerprint density at radius 1 is 1.48 bits per heavy atom. The standard InChI is InChI=1S/C14H18N2O6S/c1-14(2,3)23(21)15-11-4-5-22-12-9(11)6-8(16(19)20)7-10(12)13(17)18/h6-7,11,15H,4-5H2,1-3H3,(H,17,18)/t11-,23?/m0/s1. The molecule has 0 aliphatic carbocycles. The number of carboxylic acid groups (broad SMARTS) is 1. The molecule has 0 saturated carbocycles. The molecule has 9 heteroatoms. The molecule has 8 nitrogen and oxygen atoms in total. The van der Waals surface area contributed by atoms with E-state index in [-0.39, 0.29) is 23.6 Å². The van der Waals surface area contributed by atoms with E-state index in [1.807, 2.05) is 0 Å². The lowest BCUT2D eigenvalue weighted by Gasteiger charge is -2.31. The molecular weight excluding hydrogens is 324 g/mol. The summed E-state index contributed by atoms with van der Waals surface area (Å²) < 4.78 is 20.1. The fourth-order valence-corrected chi connectivity index (χ4v) is 3.04. The van der Waals surface area contributed by atoms with Crippen LogP contribution >= 0.6 is 0 Å². The van der Waals surface area contributed by atoms with Gasteiger partial charge in [-0.15, -0.1) is 4.72 Å². The van der Waals surface area contributed by atoms with Gasteiger partial charge in [-0.3, -0.25) is 10.1 Å². The molecule has 0 amide bonds. The number of fused-ring (bicyclic) bond motifs is 1. The Morgan fingerprint density at radius 2 is 2.13 bits per heavy atom. The van der Waals surface area contributed by atoms with Crippen molar-refractivity contribution in [3.8, 4) is 5.75 Å². The maximum absolute atomic E-state index is 12.3. The van der Waals surface area contributed by atoms with Crippen LogP contribution in [-0.4, -0.2) is 31.9 Å². The van der Waals surface area contributed by atoms with Gasteiger partial charge in [-0.05, 0) is 20.8 Å². The molecule has 23 heavy (non-hydrogen) atoms. The molecular formula is C14H18N2O6S. The third-order valence-electron chi connectivity index (χ3n) is 3.38. The van der Waals surface area contributed by atoms with Gasteiger partial charge in [-0.25, -0.2) is 4.79 Å². The zero-order valence-corrected chi connectivity index (χ0v) is 13.8. The van der Waals surface area contributed by atoms with Gasteiger partial charge >= 0.3 is 5.97 Å². The molecule has 0 fully saturated rings. The van der Waals surface area contributed by atoms with E-state index in [4.69, 9.17) is 4.74 Å². The van der Waals surface area contributed by atoms with Crippen LogP contribution in [0.2, 0.25) is 0 Å². The first-order valence-corrected chi connectivity index (χ1v) is 8.12. The summed E-state index contributed by atoms with van der Waals surface area (Å²) in [5.41, 5.74) is -0.248. The van der Waals surface area contributed by atoms with Gasteiger partial charge in [0.05, 0.1) is 17.6 Å². The van der Waals surface area contributed by atoms with Crippen LogP contribution < -0.4 is 9.46 Å². The Hall–Kier alpha value is -1.84. The number of carbonyl (C=O) groups is 1. The van der Waals surface area contributed by atoms with Gasteiger partial charge < -0.3 is 14.4 Å². The molecule has 0 bridgehead atoms. The van der Waals surface area contributed by atoms with Gasteiger partial charge in [0.1, 0.15) is 16.1 Å². The molecule has 1 unspecified atom stereocenters. The van der Waals surface area contributed by atoms with Crippen molar-refractivity contribution in [3.63, 3.8) is 0 Å². The van der Waals surface area contributed by atoms with Crippen molar-refractivity contribution in [2.75, 3.05) is 6.61 Å². The van der Waals surface area contributed by atoms with Crippen LogP contribution in [0.1, 0.15) is 49.2 Å². The summed E-state index contributed by atoms with van der Waals surface area (Å²) in [7, 11) is 0. The maximum atomic E-state index is 12.3. The number of carboxylic acids is 1. The van der Waals surface area contributed by atoms with Gasteiger partial charge in [-0.2, -0.15) is 0 Å². The minimum atomic E-state index is -1.40. The average Bonchev–Trinajstić information content (AvgIpc) is 2.45. The third kappa shape index (κ3) is 3.74. The Morgan fingerprint density at radius 3 is 2.65 bits per heavy atom. The van der Waals surface area contributed by atoms with Crippen molar-refractivity contribution in [1.82, 2.24) is 4.72 Å². The number of nitro groups is 1. The van der Waals surface area contributed by atoms with Crippen molar-refractivity contribution in [2.45, 2.75) is 38.0 Å². The van der Waals surface area contributed by atoms with E-state index >= 15 is 0 Å². The number of non-ortho nitro benzene ring substituents is 1. The maximum Gasteiger partial charge on any atom is 0.339 e. The first-order valence-electron chi connectivity index (χ1n) is 6.97. The highest BCUT2D eigenvalue weighted by Gasteiger charge is 2.35. The lowest BCUT2D eigenvalue weighted by Crippen LogP contribution is -2.42. The number of hydrogen-bond acceptors (Lipinski definition) is 6. The highest BCUT2D eigenvalue weighted by Crippen LogP contribution is 2.39. The van der Waals surface area contributed by atoms with Crippen LogP contribution in [0.15, 0.2) is 12.1 Å². The Kier molecular flexibility index (Phi) is 4.83. The highest BCUT2D eigenvalue weighted by atomic mass is 32.2. The normalized spacial score (nSPS) is 18.7.